The summed E-state index contributed by atoms with van der Waals surface area (Å²) in [4.78, 5) is 25.1. The number of aromatic nitrogens is 1. The molecule has 1 atom stereocenters. The zero-order valence-electron chi connectivity index (χ0n) is 22.7. The minimum atomic E-state index is -0.869. The second-order valence-corrected chi connectivity index (χ2v) is 12.5. The van der Waals surface area contributed by atoms with Crippen LogP contribution >= 0.6 is 0 Å². The number of hydrogen-bond acceptors (Lipinski definition) is 4. The minimum Gasteiger partial charge on any atom is -0.481 e. The Morgan fingerprint density at radius 2 is 1.86 bits per heavy atom. The van der Waals surface area contributed by atoms with Crippen LogP contribution in [0.2, 0.25) is 0 Å². The van der Waals surface area contributed by atoms with Crippen LogP contribution in [0.5, 0.6) is 0 Å². The minimum absolute atomic E-state index is 0.0410. The molecule has 1 heterocycles. The molecule has 1 aromatic carbocycles. The number of benzene rings is 1. The number of amides is 1. The molecule has 2 fully saturated rings. The van der Waals surface area contributed by atoms with Crippen molar-refractivity contribution in [1.82, 2.24) is 5.16 Å². The molecule has 1 amide bonds. The highest BCUT2D eigenvalue weighted by molar-refractivity contribution is 5.92. The number of nitrogens with zero attached hydrogens (tertiary/aromatic N) is 1. The summed E-state index contributed by atoms with van der Waals surface area (Å²) in [5.41, 5.74) is 4.25. The number of hydrogen-bond donors (Lipinski definition) is 2. The van der Waals surface area contributed by atoms with Crippen LogP contribution in [0.4, 0.5) is 5.69 Å². The summed E-state index contributed by atoms with van der Waals surface area (Å²) < 4.78 is 6.04. The van der Waals surface area contributed by atoms with Gasteiger partial charge in [0.05, 0.1) is 12.1 Å². The number of anilines is 1. The molecule has 0 bridgehead atoms. The maximum absolute atomic E-state index is 13.3. The van der Waals surface area contributed by atoms with E-state index in [-0.39, 0.29) is 24.7 Å². The molecule has 36 heavy (non-hydrogen) atoms. The number of rotatable bonds is 11. The fourth-order valence-electron chi connectivity index (χ4n) is 6.06. The van der Waals surface area contributed by atoms with E-state index in [2.05, 4.69) is 24.3 Å². The van der Waals surface area contributed by atoms with E-state index >= 15 is 0 Å². The molecule has 6 heteroatoms. The van der Waals surface area contributed by atoms with Gasteiger partial charge in [-0.3, -0.25) is 9.59 Å². The average molecular weight is 495 g/mol. The monoisotopic (exact) mass is 494 g/mol. The molecule has 0 spiro atoms. The molecule has 4 rings (SSSR count). The highest BCUT2D eigenvalue weighted by atomic mass is 16.5. The predicted molar refractivity (Wildman–Crippen MR) is 141 cm³/mol. The molecule has 0 radical (unpaired) electrons. The van der Waals surface area contributed by atoms with Crippen LogP contribution in [-0.4, -0.2) is 22.1 Å². The largest absolute Gasteiger partial charge is 0.481 e. The zero-order valence-corrected chi connectivity index (χ0v) is 22.7. The van der Waals surface area contributed by atoms with Crippen LogP contribution in [0, 0.1) is 31.1 Å². The van der Waals surface area contributed by atoms with Crippen molar-refractivity contribution in [1.29, 1.82) is 0 Å². The van der Waals surface area contributed by atoms with Crippen molar-refractivity contribution >= 4 is 17.6 Å². The molecular formula is C30H42N2O4. The first-order chi connectivity index (χ1) is 16.9. The number of carboxylic acids is 1. The third kappa shape index (κ3) is 6.01. The molecule has 2 aromatic rings. The van der Waals surface area contributed by atoms with Crippen LogP contribution in [0.15, 0.2) is 22.7 Å². The molecule has 2 aliphatic rings. The number of aliphatic carboxylic acids is 1. The quantitative estimate of drug-likeness (QED) is 0.341. The second kappa shape index (κ2) is 10.4. The number of carboxylic acid groups (broad SMARTS) is 1. The first-order valence-electron chi connectivity index (χ1n) is 13.5. The van der Waals surface area contributed by atoms with E-state index in [4.69, 9.17) is 4.52 Å². The maximum Gasteiger partial charge on any atom is 0.303 e. The van der Waals surface area contributed by atoms with Gasteiger partial charge in [0.15, 0.2) is 0 Å². The third-order valence-electron chi connectivity index (χ3n) is 8.11. The summed E-state index contributed by atoms with van der Waals surface area (Å²) in [5.74, 6) is 1.88. The third-order valence-corrected chi connectivity index (χ3v) is 8.11. The van der Waals surface area contributed by atoms with Crippen molar-refractivity contribution in [2.24, 2.45) is 17.3 Å². The second-order valence-electron chi connectivity index (χ2n) is 12.5. The Labute approximate surface area is 215 Å². The van der Waals surface area contributed by atoms with E-state index in [0.29, 0.717) is 17.8 Å². The number of aryl methyl sites for hydroxylation is 2. The average Bonchev–Trinajstić information content (AvgIpc) is 3.48. The lowest BCUT2D eigenvalue weighted by molar-refractivity contribution is -0.140. The summed E-state index contributed by atoms with van der Waals surface area (Å²) in [5, 5.41) is 17.3. The zero-order chi connectivity index (χ0) is 26.2. The standard InChI is InChI=1S/C30H42N2O4/c1-17(2)11-20-13-22(14-20)29-27(21-8-9-21)28(32-36-29)23(30(5,6)16-26(34)35)15-25(33)31-24-10-7-18(3)12-19(24)4/h7,10,12,17,20-23H,8-9,11,13-16H2,1-6H3,(H,31,33)(H,34,35)/t20?,22?,23-/m0/s1. The van der Waals surface area contributed by atoms with Gasteiger partial charge in [0.1, 0.15) is 5.76 Å². The molecule has 0 unspecified atom stereocenters. The first kappa shape index (κ1) is 26.4. The Kier molecular flexibility index (Phi) is 7.63. The SMILES string of the molecule is Cc1ccc(NC(=O)C[C@@H](c2noc(C3CC(CC(C)C)C3)c2C2CC2)C(C)(C)CC(=O)O)c(C)c1. The molecule has 0 aliphatic heterocycles. The highest BCUT2D eigenvalue weighted by Crippen LogP contribution is 2.54. The lowest BCUT2D eigenvalue weighted by Crippen LogP contribution is -2.30. The van der Waals surface area contributed by atoms with Gasteiger partial charge in [0, 0.05) is 29.5 Å². The summed E-state index contributed by atoms with van der Waals surface area (Å²) >= 11 is 0. The lowest BCUT2D eigenvalue weighted by Gasteiger charge is -2.36. The van der Waals surface area contributed by atoms with E-state index in [1.807, 2.05) is 45.9 Å². The maximum atomic E-state index is 13.3. The van der Waals surface area contributed by atoms with Crippen LogP contribution in [0.25, 0.3) is 0 Å². The van der Waals surface area contributed by atoms with Crippen molar-refractivity contribution < 1.29 is 19.2 Å². The fraction of sp³-hybridized carbons (Fsp3) is 0.633. The van der Waals surface area contributed by atoms with Gasteiger partial charge in [0.25, 0.3) is 0 Å². The Morgan fingerprint density at radius 1 is 1.17 bits per heavy atom. The van der Waals surface area contributed by atoms with Crippen LogP contribution in [0.1, 0.15) is 119 Å². The fourth-order valence-corrected chi connectivity index (χ4v) is 6.06. The van der Waals surface area contributed by atoms with Gasteiger partial charge in [0.2, 0.25) is 5.91 Å². The Hall–Kier alpha value is -2.63. The molecular weight excluding hydrogens is 452 g/mol. The smallest absolute Gasteiger partial charge is 0.303 e. The van der Waals surface area contributed by atoms with Gasteiger partial charge in [-0.15, -0.1) is 0 Å². The summed E-state index contributed by atoms with van der Waals surface area (Å²) in [6, 6.07) is 5.95. The van der Waals surface area contributed by atoms with Crippen LogP contribution in [-0.2, 0) is 9.59 Å². The number of carbonyl (C=O) groups is 2. The molecule has 2 N–H and O–H groups in total. The van der Waals surface area contributed by atoms with E-state index in [1.165, 1.54) is 12.0 Å². The molecule has 1 aromatic heterocycles. The molecule has 2 aliphatic carbocycles. The first-order valence-corrected chi connectivity index (χ1v) is 13.5. The molecule has 2 saturated carbocycles. The summed E-state index contributed by atoms with van der Waals surface area (Å²) in [7, 11) is 0. The van der Waals surface area contributed by atoms with Gasteiger partial charge >= 0.3 is 5.97 Å². The normalized spacial score (nSPS) is 20.8. The van der Waals surface area contributed by atoms with E-state index < -0.39 is 11.4 Å². The molecule has 0 saturated heterocycles. The van der Waals surface area contributed by atoms with Crippen molar-refractivity contribution in [2.75, 3.05) is 5.32 Å². The Morgan fingerprint density at radius 3 is 2.44 bits per heavy atom. The van der Waals surface area contributed by atoms with Gasteiger partial charge < -0.3 is 14.9 Å². The molecule has 196 valence electrons. The summed E-state index contributed by atoms with van der Waals surface area (Å²) in [6.45, 7) is 12.4. The van der Waals surface area contributed by atoms with E-state index in [1.54, 1.807) is 0 Å². The van der Waals surface area contributed by atoms with Crippen molar-refractivity contribution in [3.63, 3.8) is 0 Å². The Balaban J connectivity index is 1.61. The predicted octanol–water partition coefficient (Wildman–Crippen LogP) is 7.32. The molecule has 6 nitrogen and oxygen atoms in total. The van der Waals surface area contributed by atoms with E-state index in [9.17, 15) is 14.7 Å². The topological polar surface area (TPSA) is 92.4 Å². The van der Waals surface area contributed by atoms with Crippen LogP contribution < -0.4 is 5.32 Å². The summed E-state index contributed by atoms with van der Waals surface area (Å²) in [6.07, 6.45) is 5.82. The van der Waals surface area contributed by atoms with Gasteiger partial charge in [-0.05, 0) is 80.8 Å². The number of nitrogens with one attached hydrogen (secondary N) is 1. The van der Waals surface area contributed by atoms with Gasteiger partial charge in [-0.1, -0.05) is 50.5 Å². The van der Waals surface area contributed by atoms with Gasteiger partial charge in [-0.25, -0.2) is 0 Å². The lowest BCUT2D eigenvalue weighted by atomic mass is 9.68. The van der Waals surface area contributed by atoms with Crippen molar-refractivity contribution in [3.8, 4) is 0 Å². The van der Waals surface area contributed by atoms with E-state index in [0.717, 1.165) is 59.9 Å². The number of carbonyl (C=O) groups excluding carboxylic acids is 1. The van der Waals surface area contributed by atoms with Crippen molar-refractivity contribution in [2.45, 2.75) is 104 Å². The Bertz CT molecular complexity index is 1110. The van der Waals surface area contributed by atoms with Crippen molar-refractivity contribution in [3.05, 3.63) is 46.3 Å². The highest BCUT2D eigenvalue weighted by Gasteiger charge is 2.45. The van der Waals surface area contributed by atoms with Gasteiger partial charge in [-0.2, -0.15) is 0 Å². The van der Waals surface area contributed by atoms with Crippen LogP contribution in [0.3, 0.4) is 0 Å².